The number of aromatic nitrogens is 3. The van der Waals surface area contributed by atoms with Crippen molar-refractivity contribution in [1.82, 2.24) is 20.6 Å². The molecule has 0 spiro atoms. The fourth-order valence-electron chi connectivity index (χ4n) is 1.76. The first-order chi connectivity index (χ1) is 9.63. The minimum atomic E-state index is -0.208. The largest absolute Gasteiger partial charge is 0.375 e. The summed E-state index contributed by atoms with van der Waals surface area (Å²) >= 11 is 1.39. The number of carbonyl (C=O) groups excluding carboxylic acids is 1. The standard InChI is InChI=1S/C12H11N5O2S/c1-6-9(17-19-16-6)5-14-11(18)7-2-3-10-8(4-7)15-12(13)20-10/h2-4H,5H2,1H3,(H2,13,15)(H,14,18). The van der Waals surface area contributed by atoms with Crippen LogP contribution < -0.4 is 11.1 Å². The van der Waals surface area contributed by atoms with Crippen molar-refractivity contribution in [2.24, 2.45) is 0 Å². The van der Waals surface area contributed by atoms with Crippen molar-refractivity contribution in [3.8, 4) is 0 Å². The lowest BCUT2D eigenvalue weighted by Crippen LogP contribution is -2.23. The van der Waals surface area contributed by atoms with E-state index in [0.29, 0.717) is 22.1 Å². The zero-order chi connectivity index (χ0) is 14.1. The average molecular weight is 289 g/mol. The number of rotatable bonds is 3. The number of thiazole rings is 1. The van der Waals surface area contributed by atoms with Crippen LogP contribution >= 0.6 is 11.3 Å². The second-order valence-electron chi connectivity index (χ2n) is 4.21. The van der Waals surface area contributed by atoms with E-state index in [0.717, 1.165) is 10.2 Å². The zero-order valence-electron chi connectivity index (χ0n) is 10.6. The summed E-state index contributed by atoms with van der Waals surface area (Å²) in [4.78, 5) is 16.2. The lowest BCUT2D eigenvalue weighted by molar-refractivity contribution is 0.0950. The van der Waals surface area contributed by atoms with Gasteiger partial charge in [-0.2, -0.15) is 0 Å². The minimum Gasteiger partial charge on any atom is -0.375 e. The molecule has 2 aromatic heterocycles. The quantitative estimate of drug-likeness (QED) is 0.756. The van der Waals surface area contributed by atoms with E-state index in [-0.39, 0.29) is 12.5 Å². The van der Waals surface area contributed by atoms with Crippen LogP contribution in [0.15, 0.2) is 22.8 Å². The van der Waals surface area contributed by atoms with Crippen molar-refractivity contribution in [2.45, 2.75) is 13.5 Å². The first-order valence-corrected chi connectivity index (χ1v) is 6.67. The van der Waals surface area contributed by atoms with Crippen molar-refractivity contribution in [3.63, 3.8) is 0 Å². The molecule has 1 aromatic carbocycles. The summed E-state index contributed by atoms with van der Waals surface area (Å²) < 4.78 is 5.52. The fourth-order valence-corrected chi connectivity index (χ4v) is 2.48. The molecular formula is C12H11N5O2S. The van der Waals surface area contributed by atoms with Crippen LogP contribution in [0.1, 0.15) is 21.7 Å². The number of nitrogens with one attached hydrogen (secondary N) is 1. The molecule has 3 aromatic rings. The number of benzene rings is 1. The van der Waals surface area contributed by atoms with E-state index in [1.807, 2.05) is 6.07 Å². The number of nitrogen functional groups attached to an aromatic ring is 1. The maximum Gasteiger partial charge on any atom is 0.251 e. The van der Waals surface area contributed by atoms with E-state index in [9.17, 15) is 4.79 Å². The van der Waals surface area contributed by atoms with Gasteiger partial charge in [0.2, 0.25) is 0 Å². The number of nitrogens with two attached hydrogens (primary N) is 1. The molecule has 7 nitrogen and oxygen atoms in total. The predicted molar refractivity (Wildman–Crippen MR) is 74.2 cm³/mol. The van der Waals surface area contributed by atoms with Gasteiger partial charge in [-0.25, -0.2) is 9.61 Å². The van der Waals surface area contributed by atoms with Gasteiger partial charge in [-0.1, -0.05) is 21.7 Å². The van der Waals surface area contributed by atoms with Gasteiger partial charge in [0.15, 0.2) is 5.13 Å². The molecule has 3 rings (SSSR count). The lowest BCUT2D eigenvalue weighted by Gasteiger charge is -2.03. The number of hydrogen-bond acceptors (Lipinski definition) is 7. The number of anilines is 1. The predicted octanol–water partition coefficient (Wildman–Crippen LogP) is 1.50. The molecule has 3 N–H and O–H groups in total. The molecule has 20 heavy (non-hydrogen) atoms. The second-order valence-corrected chi connectivity index (χ2v) is 5.28. The molecule has 0 bridgehead atoms. The van der Waals surface area contributed by atoms with Gasteiger partial charge < -0.3 is 11.1 Å². The van der Waals surface area contributed by atoms with Crippen LogP contribution in [0.25, 0.3) is 10.2 Å². The van der Waals surface area contributed by atoms with Gasteiger partial charge in [0.1, 0.15) is 11.4 Å². The molecule has 0 radical (unpaired) electrons. The summed E-state index contributed by atoms with van der Waals surface area (Å²) in [6.07, 6.45) is 0. The summed E-state index contributed by atoms with van der Waals surface area (Å²) in [6, 6.07) is 5.29. The van der Waals surface area contributed by atoms with E-state index in [1.165, 1.54) is 11.3 Å². The average Bonchev–Trinajstić information content (AvgIpc) is 2.99. The van der Waals surface area contributed by atoms with Gasteiger partial charge in [0.25, 0.3) is 5.91 Å². The van der Waals surface area contributed by atoms with Crippen molar-refractivity contribution in [3.05, 3.63) is 35.2 Å². The van der Waals surface area contributed by atoms with Crippen molar-refractivity contribution >= 4 is 32.6 Å². The van der Waals surface area contributed by atoms with Gasteiger partial charge >= 0.3 is 0 Å². The van der Waals surface area contributed by atoms with E-state index < -0.39 is 0 Å². The van der Waals surface area contributed by atoms with Gasteiger partial charge in [-0.05, 0) is 25.1 Å². The van der Waals surface area contributed by atoms with E-state index >= 15 is 0 Å². The molecule has 8 heteroatoms. The smallest absolute Gasteiger partial charge is 0.251 e. The molecule has 2 heterocycles. The minimum absolute atomic E-state index is 0.208. The van der Waals surface area contributed by atoms with Gasteiger partial charge in [0, 0.05) is 5.56 Å². The molecular weight excluding hydrogens is 278 g/mol. The topological polar surface area (TPSA) is 107 Å². The van der Waals surface area contributed by atoms with Crippen LogP contribution in [0.4, 0.5) is 5.13 Å². The Bertz CT molecular complexity index is 779. The van der Waals surface area contributed by atoms with Crippen molar-refractivity contribution in [1.29, 1.82) is 0 Å². The van der Waals surface area contributed by atoms with Crippen LogP contribution in [0.5, 0.6) is 0 Å². The third-order valence-electron chi connectivity index (χ3n) is 2.83. The Labute approximate surface area is 117 Å². The molecule has 102 valence electrons. The fraction of sp³-hybridized carbons (Fsp3) is 0.167. The Morgan fingerprint density at radius 3 is 3.05 bits per heavy atom. The Hall–Kier alpha value is -2.48. The van der Waals surface area contributed by atoms with Gasteiger partial charge in [0.05, 0.1) is 16.8 Å². The number of nitrogens with zero attached hydrogens (tertiary/aromatic N) is 3. The number of hydrogen-bond donors (Lipinski definition) is 2. The van der Waals surface area contributed by atoms with Crippen LogP contribution in [0, 0.1) is 6.92 Å². The second kappa shape index (κ2) is 4.89. The molecule has 0 aliphatic rings. The molecule has 0 aliphatic carbocycles. The molecule has 0 saturated heterocycles. The highest BCUT2D eigenvalue weighted by Crippen LogP contribution is 2.24. The number of carbonyl (C=O) groups is 1. The monoisotopic (exact) mass is 289 g/mol. The van der Waals surface area contributed by atoms with Crippen LogP contribution in [0.2, 0.25) is 0 Å². The lowest BCUT2D eigenvalue weighted by atomic mass is 10.2. The highest BCUT2D eigenvalue weighted by Gasteiger charge is 2.11. The Morgan fingerprint density at radius 2 is 2.30 bits per heavy atom. The van der Waals surface area contributed by atoms with E-state index in [1.54, 1.807) is 19.1 Å². The van der Waals surface area contributed by atoms with Crippen molar-refractivity contribution < 1.29 is 9.42 Å². The Morgan fingerprint density at radius 1 is 1.45 bits per heavy atom. The van der Waals surface area contributed by atoms with E-state index in [2.05, 4.69) is 25.2 Å². The van der Waals surface area contributed by atoms with Crippen LogP contribution in [-0.4, -0.2) is 21.2 Å². The Balaban J connectivity index is 1.76. The van der Waals surface area contributed by atoms with Crippen LogP contribution in [-0.2, 0) is 6.54 Å². The zero-order valence-corrected chi connectivity index (χ0v) is 11.4. The first-order valence-electron chi connectivity index (χ1n) is 5.86. The van der Waals surface area contributed by atoms with Crippen molar-refractivity contribution in [2.75, 3.05) is 5.73 Å². The summed E-state index contributed by atoms with van der Waals surface area (Å²) in [5.74, 6) is -0.208. The summed E-state index contributed by atoms with van der Waals surface area (Å²) in [5.41, 5.74) is 8.15. The highest BCUT2D eigenvalue weighted by molar-refractivity contribution is 7.22. The SMILES string of the molecule is Cc1nonc1CNC(=O)c1ccc2sc(N)nc2c1. The van der Waals surface area contributed by atoms with Crippen LogP contribution in [0.3, 0.4) is 0 Å². The molecule has 0 unspecified atom stereocenters. The van der Waals surface area contributed by atoms with E-state index in [4.69, 9.17) is 5.73 Å². The first kappa shape index (κ1) is 12.5. The number of fused-ring (bicyclic) bond motifs is 1. The third kappa shape index (κ3) is 2.32. The summed E-state index contributed by atoms with van der Waals surface area (Å²) in [6.45, 7) is 2.04. The summed E-state index contributed by atoms with van der Waals surface area (Å²) in [5, 5.41) is 10.6. The molecule has 0 atom stereocenters. The number of amides is 1. The number of aryl methyl sites for hydroxylation is 1. The van der Waals surface area contributed by atoms with Gasteiger partial charge in [-0.3, -0.25) is 4.79 Å². The maximum absolute atomic E-state index is 12.1. The summed E-state index contributed by atoms with van der Waals surface area (Å²) in [7, 11) is 0. The highest BCUT2D eigenvalue weighted by atomic mass is 32.1. The van der Waals surface area contributed by atoms with Gasteiger partial charge in [-0.15, -0.1) is 0 Å². The normalized spacial score (nSPS) is 10.8. The Kier molecular flexibility index (Phi) is 3.07. The molecule has 0 aliphatic heterocycles. The molecule has 0 saturated carbocycles. The molecule has 0 fully saturated rings. The maximum atomic E-state index is 12.1. The molecule has 1 amide bonds. The third-order valence-corrected chi connectivity index (χ3v) is 3.69.